The minimum absolute atomic E-state index is 0.0413. The van der Waals surface area contributed by atoms with Crippen LogP contribution in [0.15, 0.2) is 41.4 Å². The van der Waals surface area contributed by atoms with Gasteiger partial charge in [-0.2, -0.15) is 9.40 Å². The highest BCUT2D eigenvalue weighted by atomic mass is 35.5. The molecule has 6 nitrogen and oxygen atoms in total. The van der Waals surface area contributed by atoms with E-state index in [0.717, 1.165) is 5.82 Å². The SMILES string of the molecule is O=S(=O)(c1cc(Cl)ccc1Cl)N1CCN(c2cccnn2)CC1. The standard InChI is InChI=1S/C14H14Cl2N4O2S/c15-11-3-4-12(16)13(10-11)23(21,22)20-8-6-19(7-9-20)14-2-1-5-17-18-14/h1-5,10H,6-9H2. The summed E-state index contributed by atoms with van der Waals surface area (Å²) in [5, 5.41) is 8.39. The van der Waals surface area contributed by atoms with E-state index in [-0.39, 0.29) is 9.92 Å². The van der Waals surface area contributed by atoms with Crippen molar-refractivity contribution in [3.63, 3.8) is 0 Å². The van der Waals surface area contributed by atoms with Crippen LogP contribution in [-0.2, 0) is 10.0 Å². The van der Waals surface area contributed by atoms with E-state index in [0.29, 0.717) is 31.2 Å². The monoisotopic (exact) mass is 372 g/mol. The molecule has 2 heterocycles. The van der Waals surface area contributed by atoms with Crippen LogP contribution >= 0.6 is 23.2 Å². The van der Waals surface area contributed by atoms with Crippen LogP contribution < -0.4 is 4.90 Å². The van der Waals surface area contributed by atoms with Gasteiger partial charge in [0.1, 0.15) is 4.90 Å². The third-order valence-corrected chi connectivity index (χ3v) is 6.25. The number of anilines is 1. The lowest BCUT2D eigenvalue weighted by atomic mass is 10.3. The minimum atomic E-state index is -3.67. The molecule has 0 saturated carbocycles. The van der Waals surface area contributed by atoms with Crippen molar-refractivity contribution in [3.8, 4) is 0 Å². The third kappa shape index (κ3) is 3.42. The second kappa shape index (κ2) is 6.60. The first kappa shape index (κ1) is 16.4. The van der Waals surface area contributed by atoms with Gasteiger partial charge in [-0.15, -0.1) is 5.10 Å². The van der Waals surface area contributed by atoms with Gasteiger partial charge in [-0.1, -0.05) is 23.2 Å². The molecule has 0 N–H and O–H groups in total. The molecule has 0 spiro atoms. The van der Waals surface area contributed by atoms with Gasteiger partial charge in [0.05, 0.1) is 5.02 Å². The maximum Gasteiger partial charge on any atom is 0.244 e. The maximum atomic E-state index is 12.7. The number of piperazine rings is 1. The van der Waals surface area contributed by atoms with Gasteiger partial charge in [0.2, 0.25) is 10.0 Å². The molecule has 1 aliphatic heterocycles. The Kier molecular flexibility index (Phi) is 4.72. The van der Waals surface area contributed by atoms with Crippen molar-refractivity contribution < 1.29 is 8.42 Å². The van der Waals surface area contributed by atoms with Crippen molar-refractivity contribution in [2.75, 3.05) is 31.1 Å². The zero-order valence-corrected chi connectivity index (χ0v) is 14.4. The van der Waals surface area contributed by atoms with Gasteiger partial charge in [0.25, 0.3) is 0 Å². The molecule has 1 fully saturated rings. The lowest BCUT2D eigenvalue weighted by Crippen LogP contribution is -2.49. The molecule has 2 aromatic rings. The lowest BCUT2D eigenvalue weighted by molar-refractivity contribution is 0.383. The molecule has 0 aliphatic carbocycles. The molecule has 1 saturated heterocycles. The summed E-state index contributed by atoms with van der Waals surface area (Å²) >= 11 is 11.9. The first-order chi connectivity index (χ1) is 11.0. The van der Waals surface area contributed by atoms with E-state index in [1.807, 2.05) is 11.0 Å². The highest BCUT2D eigenvalue weighted by Crippen LogP contribution is 2.28. The Balaban J connectivity index is 1.78. The first-order valence-electron chi connectivity index (χ1n) is 6.96. The summed E-state index contributed by atoms with van der Waals surface area (Å²) in [6.45, 7) is 1.77. The lowest BCUT2D eigenvalue weighted by Gasteiger charge is -2.34. The second-order valence-electron chi connectivity index (χ2n) is 5.05. The summed E-state index contributed by atoms with van der Waals surface area (Å²) in [4.78, 5) is 2.04. The summed E-state index contributed by atoms with van der Waals surface area (Å²) in [6.07, 6.45) is 1.60. The Morgan fingerprint density at radius 2 is 1.78 bits per heavy atom. The molecule has 0 amide bonds. The molecule has 122 valence electrons. The van der Waals surface area contributed by atoms with E-state index < -0.39 is 10.0 Å². The molecule has 0 atom stereocenters. The Hall–Kier alpha value is -1.41. The van der Waals surface area contributed by atoms with Crippen molar-refractivity contribution in [3.05, 3.63) is 46.6 Å². The molecule has 1 aromatic carbocycles. The van der Waals surface area contributed by atoms with Crippen molar-refractivity contribution in [2.45, 2.75) is 4.90 Å². The van der Waals surface area contributed by atoms with E-state index >= 15 is 0 Å². The number of sulfonamides is 1. The highest BCUT2D eigenvalue weighted by molar-refractivity contribution is 7.89. The number of benzene rings is 1. The van der Waals surface area contributed by atoms with Crippen LogP contribution in [0.5, 0.6) is 0 Å². The van der Waals surface area contributed by atoms with Crippen molar-refractivity contribution in [1.82, 2.24) is 14.5 Å². The quantitative estimate of drug-likeness (QED) is 0.826. The Morgan fingerprint density at radius 3 is 2.43 bits per heavy atom. The van der Waals surface area contributed by atoms with Crippen LogP contribution in [-0.4, -0.2) is 49.1 Å². The summed E-state index contributed by atoms with van der Waals surface area (Å²) in [5.41, 5.74) is 0. The fourth-order valence-corrected chi connectivity index (χ4v) is 4.59. The molecule has 1 aliphatic rings. The number of halogens is 2. The molecule has 1 aromatic heterocycles. The molecule has 0 radical (unpaired) electrons. The molecular formula is C14H14Cl2N4O2S. The van der Waals surface area contributed by atoms with Crippen molar-refractivity contribution >= 4 is 39.0 Å². The summed E-state index contributed by atoms with van der Waals surface area (Å²) in [5.74, 6) is 0.741. The van der Waals surface area contributed by atoms with Gasteiger partial charge in [-0.05, 0) is 30.3 Å². The van der Waals surface area contributed by atoms with E-state index in [2.05, 4.69) is 10.2 Å². The molecular weight excluding hydrogens is 359 g/mol. The van der Waals surface area contributed by atoms with Gasteiger partial charge < -0.3 is 4.90 Å². The number of rotatable bonds is 3. The van der Waals surface area contributed by atoms with Crippen LogP contribution in [0.25, 0.3) is 0 Å². The minimum Gasteiger partial charge on any atom is -0.352 e. The molecule has 0 bridgehead atoms. The zero-order valence-electron chi connectivity index (χ0n) is 12.1. The number of nitrogens with zero attached hydrogens (tertiary/aromatic N) is 4. The summed E-state index contributed by atoms with van der Waals surface area (Å²) in [6, 6.07) is 8.10. The van der Waals surface area contributed by atoms with Gasteiger partial charge >= 0.3 is 0 Å². The van der Waals surface area contributed by atoms with E-state index in [1.54, 1.807) is 18.3 Å². The van der Waals surface area contributed by atoms with Crippen LogP contribution in [0.4, 0.5) is 5.82 Å². The topological polar surface area (TPSA) is 66.4 Å². The zero-order chi connectivity index (χ0) is 16.4. The molecule has 9 heteroatoms. The fourth-order valence-electron chi connectivity index (χ4n) is 2.43. The predicted molar refractivity (Wildman–Crippen MR) is 89.5 cm³/mol. The average molecular weight is 373 g/mol. The van der Waals surface area contributed by atoms with Gasteiger partial charge in [0, 0.05) is 37.4 Å². The number of hydrogen-bond donors (Lipinski definition) is 0. The maximum absolute atomic E-state index is 12.7. The number of hydrogen-bond acceptors (Lipinski definition) is 5. The second-order valence-corrected chi connectivity index (χ2v) is 7.80. The van der Waals surface area contributed by atoms with Crippen LogP contribution in [0.1, 0.15) is 0 Å². The fraction of sp³-hybridized carbons (Fsp3) is 0.286. The molecule has 3 rings (SSSR count). The van der Waals surface area contributed by atoms with E-state index in [1.165, 1.54) is 16.4 Å². The van der Waals surface area contributed by atoms with Gasteiger partial charge in [-0.25, -0.2) is 8.42 Å². The Bertz CT molecular complexity index is 794. The van der Waals surface area contributed by atoms with Crippen LogP contribution in [0.2, 0.25) is 10.0 Å². The van der Waals surface area contributed by atoms with Gasteiger partial charge in [0.15, 0.2) is 5.82 Å². The molecule has 23 heavy (non-hydrogen) atoms. The van der Waals surface area contributed by atoms with Crippen LogP contribution in [0.3, 0.4) is 0 Å². The molecule has 0 unspecified atom stereocenters. The summed E-state index contributed by atoms with van der Waals surface area (Å²) < 4.78 is 26.9. The number of aromatic nitrogens is 2. The van der Waals surface area contributed by atoms with Crippen molar-refractivity contribution in [1.29, 1.82) is 0 Å². The van der Waals surface area contributed by atoms with Crippen LogP contribution in [0, 0.1) is 0 Å². The first-order valence-corrected chi connectivity index (χ1v) is 9.16. The Labute approximate surface area is 144 Å². The average Bonchev–Trinajstić information content (AvgIpc) is 2.58. The third-order valence-electron chi connectivity index (χ3n) is 3.63. The van der Waals surface area contributed by atoms with Crippen molar-refractivity contribution in [2.24, 2.45) is 0 Å². The smallest absolute Gasteiger partial charge is 0.244 e. The Morgan fingerprint density at radius 1 is 1.04 bits per heavy atom. The van der Waals surface area contributed by atoms with E-state index in [9.17, 15) is 8.42 Å². The largest absolute Gasteiger partial charge is 0.352 e. The normalized spacial score (nSPS) is 16.5. The predicted octanol–water partition coefficient (Wildman–Crippen LogP) is 2.29. The van der Waals surface area contributed by atoms with E-state index in [4.69, 9.17) is 23.2 Å². The summed E-state index contributed by atoms with van der Waals surface area (Å²) in [7, 11) is -3.67. The van der Waals surface area contributed by atoms with Gasteiger partial charge in [-0.3, -0.25) is 0 Å². The highest BCUT2D eigenvalue weighted by Gasteiger charge is 2.30.